The van der Waals surface area contributed by atoms with Crippen LogP contribution in [-0.2, 0) is 6.42 Å². The fraction of sp³-hybridized carbons (Fsp3) is 0.118. The van der Waals surface area contributed by atoms with Crippen LogP contribution < -0.4 is 4.90 Å². The maximum atomic E-state index is 4.86. The second kappa shape index (κ2) is 4.27. The summed E-state index contributed by atoms with van der Waals surface area (Å²) >= 11 is 0. The number of nitrogens with zero attached hydrogens (tertiary/aromatic N) is 5. The van der Waals surface area contributed by atoms with Gasteiger partial charge in [-0.1, -0.05) is 30.3 Å². The fourth-order valence-electron chi connectivity index (χ4n) is 3.23. The number of benzene rings is 2. The molecule has 3 heterocycles. The van der Waals surface area contributed by atoms with Crippen molar-refractivity contribution in [1.29, 1.82) is 0 Å². The Labute approximate surface area is 126 Å². The number of fused-ring (bicyclic) bond motifs is 4. The van der Waals surface area contributed by atoms with Crippen molar-refractivity contribution in [2.24, 2.45) is 0 Å². The first-order valence-electron chi connectivity index (χ1n) is 7.36. The Hall–Kier alpha value is -2.95. The van der Waals surface area contributed by atoms with Crippen molar-refractivity contribution in [1.82, 2.24) is 19.6 Å². The molecule has 0 fully saturated rings. The number of hydrogen-bond acceptors (Lipinski definition) is 4. The topological polar surface area (TPSA) is 46.3 Å². The highest BCUT2D eigenvalue weighted by Crippen LogP contribution is 2.35. The molecule has 5 nitrogen and oxygen atoms in total. The van der Waals surface area contributed by atoms with Crippen LogP contribution in [0, 0.1) is 0 Å². The van der Waals surface area contributed by atoms with Gasteiger partial charge in [-0.15, -0.1) is 10.2 Å². The summed E-state index contributed by atoms with van der Waals surface area (Å²) in [5, 5.41) is 8.38. The lowest BCUT2D eigenvalue weighted by atomic mass is 10.2. The predicted octanol–water partition coefficient (Wildman–Crippen LogP) is 2.97. The first-order valence-corrected chi connectivity index (χ1v) is 7.36. The molecule has 5 rings (SSSR count). The molecule has 1 aliphatic heterocycles. The van der Waals surface area contributed by atoms with Crippen molar-refractivity contribution in [3.05, 3.63) is 60.4 Å². The van der Waals surface area contributed by atoms with Crippen LogP contribution >= 0.6 is 0 Å². The molecular weight excluding hydrogens is 274 g/mol. The SMILES string of the molecule is c1ccc2c(c1)CCN2c1nc2ccccc2n2cnnc12. The van der Waals surface area contributed by atoms with Gasteiger partial charge in [0.15, 0.2) is 5.82 Å². The summed E-state index contributed by atoms with van der Waals surface area (Å²) in [7, 11) is 0. The first kappa shape index (κ1) is 11.7. The zero-order chi connectivity index (χ0) is 14.5. The highest BCUT2D eigenvalue weighted by molar-refractivity contribution is 5.85. The molecular formula is C17H13N5. The molecule has 0 unspecified atom stereocenters. The van der Waals surface area contributed by atoms with E-state index in [9.17, 15) is 0 Å². The third kappa shape index (κ3) is 1.50. The van der Waals surface area contributed by atoms with Crippen molar-refractivity contribution in [2.45, 2.75) is 6.42 Å². The van der Waals surface area contributed by atoms with E-state index >= 15 is 0 Å². The molecule has 1 aliphatic rings. The molecule has 0 bridgehead atoms. The van der Waals surface area contributed by atoms with E-state index in [-0.39, 0.29) is 0 Å². The highest BCUT2D eigenvalue weighted by Gasteiger charge is 2.24. The third-order valence-electron chi connectivity index (χ3n) is 4.26. The first-order chi connectivity index (χ1) is 10.9. The van der Waals surface area contributed by atoms with E-state index in [0.717, 1.165) is 35.5 Å². The van der Waals surface area contributed by atoms with E-state index < -0.39 is 0 Å². The Balaban J connectivity index is 1.82. The maximum absolute atomic E-state index is 4.86. The number of anilines is 2. The van der Waals surface area contributed by atoms with Crippen LogP contribution in [0.3, 0.4) is 0 Å². The minimum Gasteiger partial charge on any atom is -0.323 e. The van der Waals surface area contributed by atoms with Crippen LogP contribution in [0.1, 0.15) is 5.56 Å². The second-order valence-electron chi connectivity index (χ2n) is 5.48. The molecule has 0 saturated carbocycles. The van der Waals surface area contributed by atoms with Crippen LogP contribution in [0.5, 0.6) is 0 Å². The molecule has 0 atom stereocenters. The van der Waals surface area contributed by atoms with Gasteiger partial charge >= 0.3 is 0 Å². The molecule has 0 N–H and O–H groups in total. The van der Waals surface area contributed by atoms with Crippen LogP contribution in [0.15, 0.2) is 54.9 Å². The Morgan fingerprint density at radius 3 is 2.82 bits per heavy atom. The van der Waals surface area contributed by atoms with Crippen LogP contribution in [-0.4, -0.2) is 26.1 Å². The standard InChI is InChI=1S/C17H13N5/c1-3-7-14-12(5-1)9-10-21(14)16-17-20-18-11-22(17)15-8-4-2-6-13(15)19-16/h1-8,11H,9-10H2. The van der Waals surface area contributed by atoms with Crippen LogP contribution in [0.25, 0.3) is 16.7 Å². The zero-order valence-corrected chi connectivity index (χ0v) is 11.8. The lowest BCUT2D eigenvalue weighted by Gasteiger charge is -2.19. The van der Waals surface area contributed by atoms with Crippen molar-refractivity contribution in [3.8, 4) is 0 Å². The highest BCUT2D eigenvalue weighted by atomic mass is 15.3. The van der Waals surface area contributed by atoms with E-state index in [4.69, 9.17) is 4.98 Å². The Morgan fingerprint density at radius 1 is 0.955 bits per heavy atom. The quantitative estimate of drug-likeness (QED) is 0.540. The Kier molecular flexibility index (Phi) is 2.27. The van der Waals surface area contributed by atoms with Gasteiger partial charge in [-0.25, -0.2) is 4.98 Å². The Bertz CT molecular complexity index is 1000. The van der Waals surface area contributed by atoms with Gasteiger partial charge < -0.3 is 4.90 Å². The van der Waals surface area contributed by atoms with Gasteiger partial charge in [-0.2, -0.15) is 0 Å². The minimum absolute atomic E-state index is 0.801. The molecule has 22 heavy (non-hydrogen) atoms. The van der Waals surface area contributed by atoms with E-state index in [2.05, 4.69) is 39.4 Å². The summed E-state index contributed by atoms with van der Waals surface area (Å²) in [4.78, 5) is 7.10. The number of para-hydroxylation sites is 3. The molecule has 106 valence electrons. The molecule has 0 saturated heterocycles. The lowest BCUT2D eigenvalue weighted by molar-refractivity contribution is 0.973. The molecule has 0 radical (unpaired) electrons. The monoisotopic (exact) mass is 287 g/mol. The fourth-order valence-corrected chi connectivity index (χ4v) is 3.23. The van der Waals surface area contributed by atoms with Crippen molar-refractivity contribution < 1.29 is 0 Å². The van der Waals surface area contributed by atoms with Gasteiger partial charge in [0.05, 0.1) is 11.0 Å². The van der Waals surface area contributed by atoms with Gasteiger partial charge in [-0.3, -0.25) is 4.40 Å². The van der Waals surface area contributed by atoms with Crippen molar-refractivity contribution in [3.63, 3.8) is 0 Å². The number of aromatic nitrogens is 4. The average molecular weight is 287 g/mol. The van der Waals surface area contributed by atoms with Crippen molar-refractivity contribution in [2.75, 3.05) is 11.4 Å². The van der Waals surface area contributed by atoms with E-state index in [1.807, 2.05) is 28.7 Å². The summed E-state index contributed by atoms with van der Waals surface area (Å²) in [5.41, 5.74) is 5.36. The van der Waals surface area contributed by atoms with Gasteiger partial charge in [0, 0.05) is 12.2 Å². The summed E-state index contributed by atoms with van der Waals surface area (Å²) in [6.45, 7) is 0.924. The molecule has 0 aliphatic carbocycles. The number of hydrogen-bond donors (Lipinski definition) is 0. The normalized spacial score (nSPS) is 13.9. The zero-order valence-electron chi connectivity index (χ0n) is 11.8. The van der Waals surface area contributed by atoms with Crippen LogP contribution in [0.2, 0.25) is 0 Å². The van der Waals surface area contributed by atoms with Gasteiger partial charge in [0.25, 0.3) is 0 Å². The van der Waals surface area contributed by atoms with E-state index in [1.165, 1.54) is 11.3 Å². The van der Waals surface area contributed by atoms with Gasteiger partial charge in [-0.05, 0) is 30.2 Å². The molecule has 2 aromatic heterocycles. The van der Waals surface area contributed by atoms with E-state index in [0.29, 0.717) is 0 Å². The largest absolute Gasteiger partial charge is 0.323 e. The lowest BCUT2D eigenvalue weighted by Crippen LogP contribution is -2.16. The van der Waals surface area contributed by atoms with Gasteiger partial charge in [0.1, 0.15) is 6.33 Å². The summed E-state index contributed by atoms with van der Waals surface area (Å²) < 4.78 is 2.01. The van der Waals surface area contributed by atoms with E-state index in [1.54, 1.807) is 6.33 Å². The minimum atomic E-state index is 0.801. The summed E-state index contributed by atoms with van der Waals surface area (Å²) in [6.07, 6.45) is 2.79. The summed E-state index contributed by atoms with van der Waals surface area (Å²) in [5.74, 6) is 0.876. The summed E-state index contributed by atoms with van der Waals surface area (Å²) in [6, 6.07) is 16.6. The predicted molar refractivity (Wildman–Crippen MR) is 85.4 cm³/mol. The second-order valence-corrected chi connectivity index (χ2v) is 5.48. The molecule has 0 amide bonds. The number of rotatable bonds is 1. The van der Waals surface area contributed by atoms with Crippen molar-refractivity contribution >= 4 is 28.2 Å². The smallest absolute Gasteiger partial charge is 0.204 e. The molecule has 0 spiro atoms. The Morgan fingerprint density at radius 2 is 1.82 bits per heavy atom. The van der Waals surface area contributed by atoms with Crippen LogP contribution in [0.4, 0.5) is 11.5 Å². The van der Waals surface area contributed by atoms with Gasteiger partial charge in [0.2, 0.25) is 5.65 Å². The molecule has 4 aromatic rings. The maximum Gasteiger partial charge on any atom is 0.204 e. The third-order valence-corrected chi connectivity index (χ3v) is 4.26. The average Bonchev–Trinajstić information content (AvgIpc) is 3.21. The molecule has 5 heteroatoms. The molecule has 2 aromatic carbocycles.